The molecule has 1 aliphatic carbocycles. The smallest absolute Gasteiger partial charge is 0.324 e. The van der Waals surface area contributed by atoms with Crippen LogP contribution < -0.4 is 10.6 Å². The third-order valence-electron chi connectivity index (χ3n) is 5.86. The predicted octanol–water partition coefficient (Wildman–Crippen LogP) is 2.72. The molecule has 4 rings (SSSR count). The summed E-state index contributed by atoms with van der Waals surface area (Å²) in [6, 6.07) is 13.1. The topological polar surface area (TPSA) is 78.5 Å². The number of carbonyl (C=O) groups excluding carboxylic acids is 3. The van der Waals surface area contributed by atoms with Gasteiger partial charge < -0.3 is 10.6 Å². The Kier molecular flexibility index (Phi) is 4.41. The zero-order valence-electron chi connectivity index (χ0n) is 16.0. The lowest BCUT2D eigenvalue weighted by Crippen LogP contribution is -2.51. The van der Waals surface area contributed by atoms with Crippen LogP contribution in [-0.4, -0.2) is 34.8 Å². The number of hydrogen-bond donors (Lipinski definition) is 2. The molecule has 2 N–H and O–H groups in total. The first kappa shape index (κ1) is 18.2. The van der Waals surface area contributed by atoms with Gasteiger partial charge in [-0.15, -0.1) is 0 Å². The maximum Gasteiger partial charge on any atom is 0.325 e. The minimum absolute atomic E-state index is 0.290. The van der Waals surface area contributed by atoms with Crippen molar-refractivity contribution in [1.29, 1.82) is 0 Å². The fraction of sp³-hybridized carbons (Fsp3) is 0.318. The van der Waals surface area contributed by atoms with E-state index in [-0.39, 0.29) is 18.4 Å². The van der Waals surface area contributed by atoms with E-state index in [1.54, 1.807) is 0 Å². The number of anilines is 1. The molecular formula is C22H23N3O3. The number of nitrogens with one attached hydrogen (secondary N) is 2. The normalized spacial score (nSPS) is 20.9. The molecule has 2 aromatic rings. The molecule has 1 aliphatic heterocycles. The zero-order chi connectivity index (χ0) is 19.9. The Balaban J connectivity index is 1.49. The van der Waals surface area contributed by atoms with Crippen molar-refractivity contribution in [3.63, 3.8) is 0 Å². The van der Waals surface area contributed by atoms with Gasteiger partial charge in [-0.25, -0.2) is 4.79 Å². The fourth-order valence-corrected chi connectivity index (χ4v) is 4.06. The molecule has 0 aromatic heterocycles. The molecule has 1 unspecified atom stereocenters. The van der Waals surface area contributed by atoms with Gasteiger partial charge in [0.25, 0.3) is 5.91 Å². The van der Waals surface area contributed by atoms with Gasteiger partial charge in [0.2, 0.25) is 5.91 Å². The average Bonchev–Trinajstić information content (AvgIpc) is 2.89. The number of imide groups is 1. The van der Waals surface area contributed by atoms with Crippen LogP contribution >= 0.6 is 0 Å². The second kappa shape index (κ2) is 6.78. The van der Waals surface area contributed by atoms with E-state index in [2.05, 4.69) is 16.7 Å². The van der Waals surface area contributed by atoms with Crippen molar-refractivity contribution in [2.24, 2.45) is 0 Å². The number of nitrogens with zero attached hydrogens (tertiary/aromatic N) is 1. The Hall–Kier alpha value is -3.15. The number of amides is 4. The number of benzene rings is 2. The summed E-state index contributed by atoms with van der Waals surface area (Å²) in [7, 11) is 0. The molecule has 144 valence electrons. The summed E-state index contributed by atoms with van der Waals surface area (Å²) in [6.07, 6.45) is 1.73. The van der Waals surface area contributed by atoms with Gasteiger partial charge in [-0.1, -0.05) is 36.4 Å². The Morgan fingerprint density at radius 1 is 1.11 bits per heavy atom. The monoisotopic (exact) mass is 377 g/mol. The van der Waals surface area contributed by atoms with Crippen molar-refractivity contribution in [2.75, 3.05) is 11.9 Å². The van der Waals surface area contributed by atoms with E-state index in [1.807, 2.05) is 50.2 Å². The van der Waals surface area contributed by atoms with Crippen molar-refractivity contribution in [1.82, 2.24) is 10.2 Å². The number of aryl methyl sites for hydroxylation is 2. The molecule has 2 aromatic carbocycles. The molecule has 0 radical (unpaired) electrons. The summed E-state index contributed by atoms with van der Waals surface area (Å²) in [5.41, 5.74) is 4.06. The lowest BCUT2D eigenvalue weighted by Gasteiger charge is -2.32. The van der Waals surface area contributed by atoms with Gasteiger partial charge >= 0.3 is 6.03 Å². The van der Waals surface area contributed by atoms with E-state index >= 15 is 0 Å². The molecule has 6 heteroatoms. The largest absolute Gasteiger partial charge is 0.325 e. The maximum absolute atomic E-state index is 13.1. The second-order valence-electron chi connectivity index (χ2n) is 7.64. The number of hydrogen-bond acceptors (Lipinski definition) is 3. The van der Waals surface area contributed by atoms with Gasteiger partial charge in [-0.3, -0.25) is 14.5 Å². The van der Waals surface area contributed by atoms with Gasteiger partial charge in [0.1, 0.15) is 12.1 Å². The van der Waals surface area contributed by atoms with Crippen LogP contribution in [0, 0.1) is 13.8 Å². The van der Waals surface area contributed by atoms with Crippen molar-refractivity contribution < 1.29 is 14.4 Å². The van der Waals surface area contributed by atoms with E-state index in [0.717, 1.165) is 28.0 Å². The summed E-state index contributed by atoms with van der Waals surface area (Å²) in [4.78, 5) is 39.1. The van der Waals surface area contributed by atoms with Gasteiger partial charge in [-0.2, -0.15) is 0 Å². The molecular weight excluding hydrogens is 354 g/mol. The highest BCUT2D eigenvalue weighted by molar-refractivity contribution is 6.10. The Bertz CT molecular complexity index is 985. The minimum Gasteiger partial charge on any atom is -0.324 e. The third kappa shape index (κ3) is 3.05. The highest BCUT2D eigenvalue weighted by Crippen LogP contribution is 2.33. The molecule has 1 heterocycles. The molecule has 28 heavy (non-hydrogen) atoms. The lowest BCUT2D eigenvalue weighted by molar-refractivity contribution is -0.134. The van der Waals surface area contributed by atoms with Crippen LogP contribution in [0.4, 0.5) is 10.5 Å². The summed E-state index contributed by atoms with van der Waals surface area (Å²) in [5.74, 6) is -0.700. The molecule has 6 nitrogen and oxygen atoms in total. The van der Waals surface area contributed by atoms with Gasteiger partial charge in [-0.05, 0) is 55.0 Å². The third-order valence-corrected chi connectivity index (χ3v) is 5.86. The van der Waals surface area contributed by atoms with Crippen LogP contribution in [0.3, 0.4) is 0 Å². The van der Waals surface area contributed by atoms with E-state index < -0.39 is 11.6 Å². The first-order valence-corrected chi connectivity index (χ1v) is 9.46. The molecule has 4 amide bonds. The Morgan fingerprint density at radius 2 is 1.86 bits per heavy atom. The Morgan fingerprint density at radius 3 is 2.64 bits per heavy atom. The van der Waals surface area contributed by atoms with E-state index in [1.165, 1.54) is 5.56 Å². The van der Waals surface area contributed by atoms with E-state index in [0.29, 0.717) is 18.5 Å². The van der Waals surface area contributed by atoms with Gasteiger partial charge in [0.05, 0.1) is 0 Å². The van der Waals surface area contributed by atoms with Crippen molar-refractivity contribution in [3.05, 3.63) is 64.7 Å². The summed E-state index contributed by atoms with van der Waals surface area (Å²) >= 11 is 0. The molecule has 1 atom stereocenters. The first-order valence-electron chi connectivity index (χ1n) is 9.46. The molecule has 1 spiro atoms. The average molecular weight is 377 g/mol. The summed E-state index contributed by atoms with van der Waals surface area (Å²) < 4.78 is 0. The molecule has 1 saturated heterocycles. The number of carbonyl (C=O) groups is 3. The quantitative estimate of drug-likeness (QED) is 0.808. The summed E-state index contributed by atoms with van der Waals surface area (Å²) in [6.45, 7) is 3.60. The van der Waals surface area contributed by atoms with Crippen LogP contribution in [0.25, 0.3) is 0 Å². The highest BCUT2D eigenvalue weighted by atomic mass is 16.2. The second-order valence-corrected chi connectivity index (χ2v) is 7.64. The number of urea groups is 1. The molecule has 0 saturated carbocycles. The summed E-state index contributed by atoms with van der Waals surface area (Å²) in [5, 5.41) is 5.67. The Labute approximate surface area is 163 Å². The minimum atomic E-state index is -0.940. The standard InChI is InChI=1S/C22H23N3O3/c1-14-6-5-9-18(15(14)2)23-19(26)13-25-20(27)22(24-21(25)28)11-10-16-7-3-4-8-17(16)12-22/h3-9H,10-13H2,1-2H3,(H,23,26)(H,24,28). The van der Waals surface area contributed by atoms with E-state index in [9.17, 15) is 14.4 Å². The van der Waals surface area contributed by atoms with Gasteiger partial charge in [0, 0.05) is 12.1 Å². The fourth-order valence-electron chi connectivity index (χ4n) is 4.06. The van der Waals surface area contributed by atoms with Crippen LogP contribution in [-0.2, 0) is 22.4 Å². The molecule has 1 fully saturated rings. The van der Waals surface area contributed by atoms with Crippen molar-refractivity contribution in [2.45, 2.75) is 38.6 Å². The van der Waals surface area contributed by atoms with Gasteiger partial charge in [0.15, 0.2) is 0 Å². The van der Waals surface area contributed by atoms with Crippen LogP contribution in [0.1, 0.15) is 28.7 Å². The van der Waals surface area contributed by atoms with E-state index in [4.69, 9.17) is 0 Å². The molecule has 0 bridgehead atoms. The lowest BCUT2D eigenvalue weighted by atomic mass is 9.78. The van der Waals surface area contributed by atoms with Crippen LogP contribution in [0.5, 0.6) is 0 Å². The van der Waals surface area contributed by atoms with Crippen molar-refractivity contribution >= 4 is 23.5 Å². The van der Waals surface area contributed by atoms with Crippen LogP contribution in [0.2, 0.25) is 0 Å². The zero-order valence-corrected chi connectivity index (χ0v) is 16.0. The highest BCUT2D eigenvalue weighted by Gasteiger charge is 2.52. The SMILES string of the molecule is Cc1cccc(NC(=O)CN2C(=O)NC3(CCc4ccccc4C3)C2=O)c1C. The number of fused-ring (bicyclic) bond motifs is 1. The molecule has 2 aliphatic rings. The number of rotatable bonds is 3. The maximum atomic E-state index is 13.1. The van der Waals surface area contributed by atoms with Crippen molar-refractivity contribution in [3.8, 4) is 0 Å². The predicted molar refractivity (Wildman–Crippen MR) is 106 cm³/mol. The first-order chi connectivity index (χ1) is 13.4. The van der Waals surface area contributed by atoms with Crippen LogP contribution in [0.15, 0.2) is 42.5 Å².